The predicted molar refractivity (Wildman–Crippen MR) is 107 cm³/mol. The van der Waals surface area contributed by atoms with E-state index in [9.17, 15) is 0 Å². The second-order valence-corrected chi connectivity index (χ2v) is 6.04. The van der Waals surface area contributed by atoms with Gasteiger partial charge in [0.1, 0.15) is 5.82 Å². The number of aromatic nitrogens is 2. The minimum atomic E-state index is 0.546. The normalized spacial score (nSPS) is 10.5. The Morgan fingerprint density at radius 3 is 1.79 bits per heavy atom. The van der Waals surface area contributed by atoms with Gasteiger partial charge in [-0.3, -0.25) is 0 Å². The van der Waals surface area contributed by atoms with Crippen LogP contribution in [0.15, 0.2) is 36.5 Å². The molecular formula is C21H24N2O5. The van der Waals surface area contributed by atoms with Crippen LogP contribution in [0.25, 0.3) is 22.6 Å². The smallest absolute Gasteiger partial charge is 0.203 e. The van der Waals surface area contributed by atoms with Crippen LogP contribution in [0, 0.1) is 0 Å². The second kappa shape index (κ2) is 8.12. The molecule has 0 aliphatic carbocycles. The van der Waals surface area contributed by atoms with Gasteiger partial charge in [0, 0.05) is 24.4 Å². The topological polar surface area (TPSA) is 64.0 Å². The van der Waals surface area contributed by atoms with E-state index in [0.29, 0.717) is 28.7 Å². The molecule has 0 aliphatic rings. The molecule has 0 radical (unpaired) electrons. The van der Waals surface area contributed by atoms with E-state index in [-0.39, 0.29) is 0 Å². The van der Waals surface area contributed by atoms with Crippen LogP contribution in [0.2, 0.25) is 0 Å². The van der Waals surface area contributed by atoms with Crippen molar-refractivity contribution in [3.8, 4) is 51.4 Å². The fraction of sp³-hybridized carbons (Fsp3) is 0.286. The Morgan fingerprint density at radius 2 is 1.25 bits per heavy atom. The summed E-state index contributed by atoms with van der Waals surface area (Å²) < 4.78 is 29.0. The summed E-state index contributed by atoms with van der Waals surface area (Å²) in [5.41, 5.74) is 2.56. The molecule has 1 heterocycles. The molecule has 3 aromatic rings. The van der Waals surface area contributed by atoms with Crippen molar-refractivity contribution in [3.05, 3.63) is 36.5 Å². The molecule has 0 bridgehead atoms. The monoisotopic (exact) mass is 384 g/mol. The van der Waals surface area contributed by atoms with Crippen LogP contribution < -0.4 is 23.7 Å². The summed E-state index contributed by atoms with van der Waals surface area (Å²) in [5, 5.41) is 0. The summed E-state index contributed by atoms with van der Waals surface area (Å²) >= 11 is 0. The van der Waals surface area contributed by atoms with E-state index in [1.54, 1.807) is 35.5 Å². The number of hydrogen-bond acceptors (Lipinski definition) is 6. The van der Waals surface area contributed by atoms with Crippen molar-refractivity contribution >= 4 is 0 Å². The van der Waals surface area contributed by atoms with Crippen LogP contribution in [-0.2, 0) is 7.05 Å². The van der Waals surface area contributed by atoms with Crippen molar-refractivity contribution in [1.82, 2.24) is 9.55 Å². The number of ether oxygens (including phenoxy) is 5. The Morgan fingerprint density at radius 1 is 0.679 bits per heavy atom. The summed E-state index contributed by atoms with van der Waals surface area (Å²) in [6, 6.07) is 9.47. The third-order valence-electron chi connectivity index (χ3n) is 4.48. The molecule has 0 amide bonds. The Hall–Kier alpha value is -3.35. The highest BCUT2D eigenvalue weighted by atomic mass is 16.5. The zero-order valence-corrected chi connectivity index (χ0v) is 16.9. The van der Waals surface area contributed by atoms with E-state index in [2.05, 4.69) is 0 Å². The van der Waals surface area contributed by atoms with Gasteiger partial charge in [-0.05, 0) is 30.3 Å². The van der Waals surface area contributed by atoms with Gasteiger partial charge in [0.25, 0.3) is 0 Å². The first-order valence-electron chi connectivity index (χ1n) is 8.62. The molecule has 1 aromatic heterocycles. The van der Waals surface area contributed by atoms with Crippen LogP contribution in [0.4, 0.5) is 0 Å². The van der Waals surface area contributed by atoms with Crippen molar-refractivity contribution in [2.75, 3.05) is 35.5 Å². The van der Waals surface area contributed by atoms with Gasteiger partial charge in [-0.1, -0.05) is 0 Å². The number of hydrogen-bond donors (Lipinski definition) is 0. The highest BCUT2D eigenvalue weighted by Crippen LogP contribution is 2.41. The lowest BCUT2D eigenvalue weighted by Gasteiger charge is -2.13. The first-order chi connectivity index (χ1) is 13.6. The average molecular weight is 384 g/mol. The predicted octanol–water partition coefficient (Wildman–Crippen LogP) is 3.80. The summed E-state index contributed by atoms with van der Waals surface area (Å²) in [4.78, 5) is 4.80. The number of aryl methyl sites for hydroxylation is 1. The highest BCUT2D eigenvalue weighted by molar-refractivity contribution is 5.71. The maximum absolute atomic E-state index is 5.45. The highest BCUT2D eigenvalue weighted by Gasteiger charge is 2.17. The minimum absolute atomic E-state index is 0.546. The van der Waals surface area contributed by atoms with Gasteiger partial charge >= 0.3 is 0 Å². The molecule has 0 atom stereocenters. The first-order valence-corrected chi connectivity index (χ1v) is 8.62. The van der Waals surface area contributed by atoms with Crippen LogP contribution in [0.3, 0.4) is 0 Å². The number of benzene rings is 2. The average Bonchev–Trinajstić information content (AvgIpc) is 3.13. The third-order valence-corrected chi connectivity index (χ3v) is 4.48. The van der Waals surface area contributed by atoms with Crippen molar-refractivity contribution in [3.63, 3.8) is 0 Å². The van der Waals surface area contributed by atoms with Gasteiger partial charge in [0.05, 0.1) is 41.2 Å². The second-order valence-electron chi connectivity index (χ2n) is 6.04. The van der Waals surface area contributed by atoms with Crippen molar-refractivity contribution in [2.45, 2.75) is 0 Å². The quantitative estimate of drug-likeness (QED) is 0.617. The lowest BCUT2D eigenvalue weighted by atomic mass is 10.1. The SMILES string of the molecule is COc1ccc(-c2nc(-c3cc(OC)c(OC)c(OC)c3)cn2C)cc1OC. The van der Waals surface area contributed by atoms with Crippen molar-refractivity contribution in [1.29, 1.82) is 0 Å². The van der Waals surface area contributed by atoms with E-state index >= 15 is 0 Å². The van der Waals surface area contributed by atoms with E-state index in [0.717, 1.165) is 22.6 Å². The number of methoxy groups -OCH3 is 5. The summed E-state index contributed by atoms with van der Waals surface area (Å²) in [6.07, 6.45) is 1.95. The largest absolute Gasteiger partial charge is 0.493 e. The van der Waals surface area contributed by atoms with Gasteiger partial charge in [0.2, 0.25) is 5.75 Å². The molecule has 0 N–H and O–H groups in total. The fourth-order valence-corrected chi connectivity index (χ4v) is 3.08. The van der Waals surface area contributed by atoms with Gasteiger partial charge in [0.15, 0.2) is 23.0 Å². The lowest BCUT2D eigenvalue weighted by molar-refractivity contribution is 0.324. The van der Waals surface area contributed by atoms with Crippen molar-refractivity contribution in [2.24, 2.45) is 7.05 Å². The molecule has 0 unspecified atom stereocenters. The Labute approximate surface area is 164 Å². The Kier molecular flexibility index (Phi) is 5.63. The van der Waals surface area contributed by atoms with Gasteiger partial charge < -0.3 is 28.3 Å². The fourth-order valence-electron chi connectivity index (χ4n) is 3.08. The summed E-state index contributed by atoms with van der Waals surface area (Å²) in [5.74, 6) is 3.82. The molecule has 3 rings (SSSR count). The summed E-state index contributed by atoms with van der Waals surface area (Å²) in [6.45, 7) is 0. The molecule has 7 heteroatoms. The molecule has 7 nitrogen and oxygen atoms in total. The Balaban J connectivity index is 2.08. The lowest BCUT2D eigenvalue weighted by Crippen LogP contribution is -1.95. The van der Waals surface area contributed by atoms with Gasteiger partial charge in [-0.2, -0.15) is 0 Å². The van der Waals surface area contributed by atoms with Crippen LogP contribution in [0.1, 0.15) is 0 Å². The van der Waals surface area contributed by atoms with Gasteiger partial charge in [-0.25, -0.2) is 4.98 Å². The third kappa shape index (κ3) is 3.43. The Bertz CT molecular complexity index is 956. The standard InChI is InChI=1S/C21H24N2O5/c1-23-12-15(14-10-18(26-4)20(28-6)19(11-14)27-5)22-21(23)13-7-8-16(24-2)17(9-13)25-3/h7-12H,1-6H3. The maximum atomic E-state index is 5.45. The van der Waals surface area contributed by atoms with E-state index in [4.69, 9.17) is 28.7 Å². The number of imidazole rings is 1. The first kappa shape index (κ1) is 19.4. The van der Waals surface area contributed by atoms with E-state index in [1.807, 2.05) is 48.1 Å². The van der Waals surface area contributed by atoms with Gasteiger partial charge in [-0.15, -0.1) is 0 Å². The minimum Gasteiger partial charge on any atom is -0.493 e. The molecule has 0 fully saturated rings. The number of rotatable bonds is 7. The van der Waals surface area contributed by atoms with E-state index < -0.39 is 0 Å². The molecule has 28 heavy (non-hydrogen) atoms. The molecule has 2 aromatic carbocycles. The van der Waals surface area contributed by atoms with Crippen LogP contribution in [0.5, 0.6) is 28.7 Å². The van der Waals surface area contributed by atoms with Crippen molar-refractivity contribution < 1.29 is 23.7 Å². The molecule has 0 spiro atoms. The molecule has 148 valence electrons. The van der Waals surface area contributed by atoms with E-state index in [1.165, 1.54) is 0 Å². The number of nitrogens with zero attached hydrogens (tertiary/aromatic N) is 2. The van der Waals surface area contributed by atoms with Crippen LogP contribution in [-0.4, -0.2) is 45.1 Å². The maximum Gasteiger partial charge on any atom is 0.203 e. The molecule has 0 aliphatic heterocycles. The zero-order valence-electron chi connectivity index (χ0n) is 16.9. The molecule has 0 saturated heterocycles. The zero-order chi connectivity index (χ0) is 20.3. The molecule has 0 saturated carbocycles. The molecular weight excluding hydrogens is 360 g/mol. The van der Waals surface area contributed by atoms with Crippen LogP contribution >= 0.6 is 0 Å². The summed E-state index contributed by atoms with van der Waals surface area (Å²) in [7, 11) is 9.93.